The van der Waals surface area contributed by atoms with Gasteiger partial charge in [-0.25, -0.2) is 0 Å². The van der Waals surface area contributed by atoms with Gasteiger partial charge in [-0.15, -0.1) is 0 Å². The fourth-order valence-corrected chi connectivity index (χ4v) is 2.23. The van der Waals surface area contributed by atoms with Crippen molar-refractivity contribution in [1.29, 1.82) is 0 Å². The van der Waals surface area contributed by atoms with E-state index < -0.39 is 0 Å². The molecule has 1 unspecified atom stereocenters. The van der Waals surface area contributed by atoms with Crippen molar-refractivity contribution in [3.05, 3.63) is 66.5 Å². The molecule has 1 amide bonds. The smallest absolute Gasteiger partial charge is 0.255 e. The van der Waals surface area contributed by atoms with Gasteiger partial charge >= 0.3 is 0 Å². The highest BCUT2D eigenvalue weighted by atomic mass is 16.1. The van der Waals surface area contributed by atoms with Gasteiger partial charge in [0.25, 0.3) is 5.91 Å². The SMILES string of the molecule is CC1C=CC(C(=O)Nc2ccc(-c3ccccn3)nc2)=CC1. The molecule has 0 radical (unpaired) electrons. The van der Waals surface area contributed by atoms with Gasteiger partial charge in [0.1, 0.15) is 0 Å². The van der Waals surface area contributed by atoms with Gasteiger partial charge in [-0.1, -0.05) is 31.2 Å². The number of hydrogen-bond acceptors (Lipinski definition) is 3. The fraction of sp³-hybridized carbons (Fsp3) is 0.167. The summed E-state index contributed by atoms with van der Waals surface area (Å²) in [5.41, 5.74) is 2.97. The lowest BCUT2D eigenvalue weighted by molar-refractivity contribution is -0.112. The summed E-state index contributed by atoms with van der Waals surface area (Å²) < 4.78 is 0. The van der Waals surface area contributed by atoms with Crippen LogP contribution in [0.1, 0.15) is 13.3 Å². The van der Waals surface area contributed by atoms with Crippen molar-refractivity contribution in [3.8, 4) is 11.4 Å². The molecule has 0 fully saturated rings. The number of amides is 1. The first-order chi connectivity index (χ1) is 10.7. The van der Waals surface area contributed by atoms with Gasteiger partial charge in [-0.05, 0) is 36.6 Å². The van der Waals surface area contributed by atoms with E-state index in [-0.39, 0.29) is 5.91 Å². The van der Waals surface area contributed by atoms with Gasteiger partial charge in [0, 0.05) is 11.8 Å². The number of rotatable bonds is 3. The number of hydrogen-bond donors (Lipinski definition) is 1. The maximum atomic E-state index is 12.2. The average molecular weight is 291 g/mol. The number of allylic oxidation sites excluding steroid dienone is 2. The van der Waals surface area contributed by atoms with Crippen molar-refractivity contribution >= 4 is 11.6 Å². The molecule has 110 valence electrons. The Hall–Kier alpha value is -2.75. The maximum Gasteiger partial charge on any atom is 0.255 e. The Morgan fingerprint density at radius 1 is 1.18 bits per heavy atom. The van der Waals surface area contributed by atoms with E-state index in [2.05, 4.69) is 28.3 Å². The summed E-state index contributed by atoms with van der Waals surface area (Å²) >= 11 is 0. The standard InChI is InChI=1S/C18H17N3O/c1-13-5-7-14(8-6-13)18(22)21-15-9-10-17(20-12-15)16-4-2-3-11-19-16/h2-5,7-13H,6H2,1H3,(H,21,22). The first-order valence-corrected chi connectivity index (χ1v) is 7.29. The summed E-state index contributed by atoms with van der Waals surface area (Å²) in [5.74, 6) is 0.395. The molecule has 0 aromatic carbocycles. The molecule has 2 aromatic heterocycles. The van der Waals surface area contributed by atoms with Gasteiger partial charge in [0.2, 0.25) is 0 Å². The predicted molar refractivity (Wildman–Crippen MR) is 87.1 cm³/mol. The second-order valence-electron chi connectivity index (χ2n) is 5.33. The Morgan fingerprint density at radius 3 is 2.68 bits per heavy atom. The zero-order valence-corrected chi connectivity index (χ0v) is 12.4. The number of aromatic nitrogens is 2. The van der Waals surface area contributed by atoms with E-state index in [9.17, 15) is 4.79 Å². The molecule has 1 N–H and O–H groups in total. The van der Waals surface area contributed by atoms with E-state index in [1.54, 1.807) is 12.4 Å². The summed E-state index contributed by atoms with van der Waals surface area (Å²) in [6, 6.07) is 9.38. The maximum absolute atomic E-state index is 12.2. The molecule has 4 nitrogen and oxygen atoms in total. The molecule has 2 aromatic rings. The normalized spacial score (nSPS) is 17.0. The van der Waals surface area contributed by atoms with Gasteiger partial charge in [0.05, 0.1) is 23.3 Å². The summed E-state index contributed by atoms with van der Waals surface area (Å²) in [4.78, 5) is 20.8. The van der Waals surface area contributed by atoms with Crippen LogP contribution in [0.3, 0.4) is 0 Å². The van der Waals surface area contributed by atoms with E-state index in [0.717, 1.165) is 17.8 Å². The molecule has 1 atom stereocenters. The number of carbonyl (C=O) groups is 1. The van der Waals surface area contributed by atoms with Crippen LogP contribution in [0.25, 0.3) is 11.4 Å². The van der Waals surface area contributed by atoms with E-state index >= 15 is 0 Å². The molecular weight excluding hydrogens is 274 g/mol. The lowest BCUT2D eigenvalue weighted by Gasteiger charge is -2.12. The lowest BCUT2D eigenvalue weighted by Crippen LogP contribution is -2.15. The summed E-state index contributed by atoms with van der Waals surface area (Å²) in [6.45, 7) is 2.13. The Balaban J connectivity index is 1.69. The molecule has 0 saturated heterocycles. The van der Waals surface area contributed by atoms with E-state index in [0.29, 0.717) is 17.2 Å². The Labute approximate surface area is 129 Å². The van der Waals surface area contributed by atoms with Crippen LogP contribution in [0.15, 0.2) is 66.5 Å². The number of pyridine rings is 2. The second-order valence-corrected chi connectivity index (χ2v) is 5.33. The van der Waals surface area contributed by atoms with Crippen LogP contribution in [0.5, 0.6) is 0 Å². The topological polar surface area (TPSA) is 54.9 Å². The Bertz CT molecular complexity index is 718. The van der Waals surface area contributed by atoms with Gasteiger partial charge in [0.15, 0.2) is 0 Å². The molecule has 4 heteroatoms. The quantitative estimate of drug-likeness (QED) is 0.940. The minimum Gasteiger partial charge on any atom is -0.321 e. The van der Waals surface area contributed by atoms with E-state index in [1.165, 1.54) is 0 Å². The fourth-order valence-electron chi connectivity index (χ4n) is 2.23. The van der Waals surface area contributed by atoms with Gasteiger partial charge in [-0.2, -0.15) is 0 Å². The highest BCUT2D eigenvalue weighted by molar-refractivity contribution is 6.05. The van der Waals surface area contributed by atoms with Crippen LogP contribution in [0, 0.1) is 5.92 Å². The highest BCUT2D eigenvalue weighted by Gasteiger charge is 2.11. The molecule has 0 bridgehead atoms. The zero-order valence-electron chi connectivity index (χ0n) is 12.4. The van der Waals surface area contributed by atoms with Crippen molar-refractivity contribution in [2.75, 3.05) is 5.32 Å². The van der Waals surface area contributed by atoms with Crippen LogP contribution in [-0.2, 0) is 4.79 Å². The Kier molecular flexibility index (Phi) is 4.10. The molecular formula is C18H17N3O. The van der Waals surface area contributed by atoms with E-state index in [4.69, 9.17) is 0 Å². The van der Waals surface area contributed by atoms with Gasteiger partial charge < -0.3 is 5.32 Å². The summed E-state index contributed by atoms with van der Waals surface area (Å²) in [5, 5.41) is 2.86. The number of nitrogens with one attached hydrogen (secondary N) is 1. The first-order valence-electron chi connectivity index (χ1n) is 7.29. The second kappa shape index (κ2) is 6.35. The van der Waals surface area contributed by atoms with Crippen molar-refractivity contribution in [2.45, 2.75) is 13.3 Å². The molecule has 0 spiro atoms. The minimum atomic E-state index is -0.101. The number of anilines is 1. The lowest BCUT2D eigenvalue weighted by atomic mass is 9.98. The summed E-state index contributed by atoms with van der Waals surface area (Å²) in [7, 11) is 0. The van der Waals surface area contributed by atoms with Crippen molar-refractivity contribution in [2.24, 2.45) is 5.92 Å². The monoisotopic (exact) mass is 291 g/mol. The van der Waals surface area contributed by atoms with E-state index in [1.807, 2.05) is 42.5 Å². The number of nitrogens with zero attached hydrogens (tertiary/aromatic N) is 2. The van der Waals surface area contributed by atoms with Crippen molar-refractivity contribution in [3.63, 3.8) is 0 Å². The van der Waals surface area contributed by atoms with Crippen LogP contribution < -0.4 is 5.32 Å². The summed E-state index contributed by atoms with van der Waals surface area (Å²) in [6.07, 6.45) is 10.2. The van der Waals surface area contributed by atoms with Crippen LogP contribution >= 0.6 is 0 Å². The average Bonchev–Trinajstić information content (AvgIpc) is 2.57. The third kappa shape index (κ3) is 3.28. The molecule has 3 rings (SSSR count). The molecule has 22 heavy (non-hydrogen) atoms. The molecule has 1 aliphatic carbocycles. The van der Waals surface area contributed by atoms with Crippen LogP contribution in [0.2, 0.25) is 0 Å². The highest BCUT2D eigenvalue weighted by Crippen LogP contribution is 2.19. The Morgan fingerprint density at radius 2 is 2.05 bits per heavy atom. The van der Waals surface area contributed by atoms with Gasteiger partial charge in [-0.3, -0.25) is 14.8 Å². The number of carbonyl (C=O) groups excluding carboxylic acids is 1. The third-order valence-corrected chi connectivity index (χ3v) is 3.52. The minimum absolute atomic E-state index is 0.101. The first kappa shape index (κ1) is 14.2. The van der Waals surface area contributed by atoms with Crippen LogP contribution in [-0.4, -0.2) is 15.9 Å². The van der Waals surface area contributed by atoms with Crippen LogP contribution in [0.4, 0.5) is 5.69 Å². The molecule has 1 aliphatic rings. The third-order valence-electron chi connectivity index (χ3n) is 3.52. The largest absolute Gasteiger partial charge is 0.321 e. The zero-order chi connectivity index (χ0) is 15.4. The van der Waals surface area contributed by atoms with Crippen molar-refractivity contribution in [1.82, 2.24) is 9.97 Å². The molecule has 0 aliphatic heterocycles. The molecule has 0 saturated carbocycles. The van der Waals surface area contributed by atoms with Crippen molar-refractivity contribution < 1.29 is 4.79 Å². The predicted octanol–water partition coefficient (Wildman–Crippen LogP) is 3.60. The molecule has 2 heterocycles.